The van der Waals surface area contributed by atoms with Crippen LogP contribution in [0.3, 0.4) is 0 Å². The molecule has 0 heterocycles. The van der Waals surface area contributed by atoms with Crippen molar-refractivity contribution in [3.05, 3.63) is 6.42 Å². The zero-order chi connectivity index (χ0) is 14.2. The largest absolute Gasteiger partial charge is 0.0891 e. The number of unbranched alkanes of at least 4 members (excludes halogenated alkanes) is 12. The lowest BCUT2D eigenvalue weighted by molar-refractivity contribution is 0.578. The Morgan fingerprint density at radius 2 is 1.26 bits per heavy atom. The Labute approximate surface area is 131 Å². The van der Waals surface area contributed by atoms with Crippen molar-refractivity contribution in [2.45, 2.75) is 109 Å². The van der Waals surface area contributed by atoms with Crippen molar-refractivity contribution < 1.29 is 0 Å². The summed E-state index contributed by atoms with van der Waals surface area (Å²) in [4.78, 5) is 0.756. The Morgan fingerprint density at radius 1 is 0.737 bits per heavy atom. The second-order valence-corrected chi connectivity index (χ2v) is 7.14. The Morgan fingerprint density at radius 3 is 1.84 bits per heavy atom. The highest BCUT2D eigenvalue weighted by Crippen LogP contribution is 2.16. The van der Waals surface area contributed by atoms with Crippen LogP contribution in [0.4, 0.5) is 0 Å². The van der Waals surface area contributed by atoms with Gasteiger partial charge in [0.1, 0.15) is 0 Å². The molecule has 0 saturated carbocycles. The summed E-state index contributed by atoms with van der Waals surface area (Å²) < 4.78 is 0. The first-order valence-corrected chi connectivity index (χ1v) is 9.68. The Hall–Kier alpha value is 0.480. The van der Waals surface area contributed by atoms with Crippen LogP contribution in [0.1, 0.15) is 104 Å². The Bertz CT molecular complexity index is 156. The lowest BCUT2D eigenvalue weighted by Gasteiger charge is -2.06. The summed E-state index contributed by atoms with van der Waals surface area (Å²) in [5, 5.41) is 0. The van der Waals surface area contributed by atoms with Gasteiger partial charge in [0.15, 0.2) is 0 Å². The molecule has 0 aromatic heterocycles. The number of hydrogen-bond donors (Lipinski definition) is 0. The van der Waals surface area contributed by atoms with Crippen molar-refractivity contribution in [1.29, 1.82) is 0 Å². The molecule has 19 heavy (non-hydrogen) atoms. The fraction of sp³-hybridized carbons (Fsp3) is 0.944. The van der Waals surface area contributed by atoms with Crippen molar-refractivity contribution in [1.82, 2.24) is 0 Å². The molecule has 0 aliphatic carbocycles. The van der Waals surface area contributed by atoms with Gasteiger partial charge in [-0.1, -0.05) is 107 Å². The van der Waals surface area contributed by atoms with E-state index in [4.69, 9.17) is 0 Å². The van der Waals surface area contributed by atoms with Crippen LogP contribution in [0.2, 0.25) is 0 Å². The Balaban J connectivity index is 2.95. The summed E-state index contributed by atoms with van der Waals surface area (Å²) in [7, 11) is 0. The smallest absolute Gasteiger partial charge is 0.0143 e. The van der Waals surface area contributed by atoms with Gasteiger partial charge in [-0.05, 0) is 19.3 Å². The van der Waals surface area contributed by atoms with Gasteiger partial charge in [0.25, 0.3) is 0 Å². The molecule has 1 unspecified atom stereocenters. The summed E-state index contributed by atoms with van der Waals surface area (Å²) in [6, 6.07) is 0. The average Bonchev–Trinajstić information content (AvgIpc) is 2.43. The van der Waals surface area contributed by atoms with Gasteiger partial charge in [0, 0.05) is 4.83 Å². The summed E-state index contributed by atoms with van der Waals surface area (Å²) in [5.74, 6) is 0. The monoisotopic (exact) mass is 331 g/mol. The van der Waals surface area contributed by atoms with E-state index in [2.05, 4.69) is 36.2 Å². The molecular weight excluding hydrogens is 296 g/mol. The molecule has 0 amide bonds. The number of hydrogen-bond acceptors (Lipinski definition) is 0. The predicted molar refractivity (Wildman–Crippen MR) is 93.0 cm³/mol. The topological polar surface area (TPSA) is 0 Å². The third kappa shape index (κ3) is 16.4. The van der Waals surface area contributed by atoms with E-state index in [0.29, 0.717) is 0 Å². The molecule has 0 saturated heterocycles. The van der Waals surface area contributed by atoms with Gasteiger partial charge in [0.05, 0.1) is 0 Å². The van der Waals surface area contributed by atoms with Crippen LogP contribution in [-0.2, 0) is 0 Å². The van der Waals surface area contributed by atoms with E-state index in [0.717, 1.165) is 4.83 Å². The van der Waals surface area contributed by atoms with Gasteiger partial charge in [-0.2, -0.15) is 0 Å². The van der Waals surface area contributed by atoms with Crippen molar-refractivity contribution in [2.75, 3.05) is 0 Å². The maximum absolute atomic E-state index is 3.70. The lowest BCUT2D eigenvalue weighted by Crippen LogP contribution is -1.94. The second kappa shape index (κ2) is 16.5. The van der Waals surface area contributed by atoms with Gasteiger partial charge in [0.2, 0.25) is 0 Å². The highest BCUT2D eigenvalue weighted by Gasteiger charge is 1.99. The fourth-order valence-corrected chi connectivity index (χ4v) is 2.75. The molecule has 1 heteroatoms. The quantitative estimate of drug-likeness (QED) is 0.216. The van der Waals surface area contributed by atoms with Crippen molar-refractivity contribution in [2.24, 2.45) is 0 Å². The van der Waals surface area contributed by atoms with Crippen LogP contribution < -0.4 is 0 Å². The molecule has 0 aliphatic rings. The molecule has 1 radical (unpaired) electrons. The molecule has 0 aromatic rings. The fourth-order valence-electron chi connectivity index (χ4n) is 2.43. The normalized spacial score (nSPS) is 12.8. The van der Waals surface area contributed by atoms with E-state index < -0.39 is 0 Å². The molecule has 0 fully saturated rings. The highest BCUT2D eigenvalue weighted by molar-refractivity contribution is 9.09. The zero-order valence-corrected chi connectivity index (χ0v) is 15.0. The molecule has 0 aliphatic heterocycles. The first-order chi connectivity index (χ1) is 9.31. The molecule has 1 atom stereocenters. The van der Waals surface area contributed by atoms with Crippen molar-refractivity contribution >= 4 is 15.9 Å². The minimum Gasteiger partial charge on any atom is -0.0891 e. The van der Waals surface area contributed by atoms with Crippen molar-refractivity contribution in [3.63, 3.8) is 0 Å². The van der Waals surface area contributed by atoms with Crippen LogP contribution in [0, 0.1) is 6.42 Å². The summed E-state index contributed by atoms with van der Waals surface area (Å²) in [6.45, 7) is 4.55. The van der Waals surface area contributed by atoms with E-state index in [1.807, 2.05) is 0 Å². The van der Waals surface area contributed by atoms with Gasteiger partial charge >= 0.3 is 0 Å². The summed E-state index contributed by atoms with van der Waals surface area (Å²) in [6.07, 6.45) is 22.1. The molecule has 0 aromatic carbocycles. The highest BCUT2D eigenvalue weighted by atomic mass is 79.9. The summed E-state index contributed by atoms with van der Waals surface area (Å²) in [5.41, 5.74) is 0. The molecule has 0 bridgehead atoms. The van der Waals surface area contributed by atoms with E-state index >= 15 is 0 Å². The van der Waals surface area contributed by atoms with Crippen molar-refractivity contribution in [3.8, 4) is 0 Å². The average molecular weight is 332 g/mol. The molecular formula is C18H36Br. The third-order valence-corrected chi connectivity index (χ3v) is 4.99. The summed E-state index contributed by atoms with van der Waals surface area (Å²) >= 11 is 3.70. The lowest BCUT2D eigenvalue weighted by atomic mass is 10.0. The second-order valence-electron chi connectivity index (χ2n) is 5.84. The molecule has 0 spiro atoms. The molecule has 0 nitrogen and oxygen atoms in total. The Kier molecular flexibility index (Phi) is 17.0. The van der Waals surface area contributed by atoms with Crippen LogP contribution in [-0.4, -0.2) is 4.83 Å². The van der Waals surface area contributed by atoms with Gasteiger partial charge in [-0.3, -0.25) is 0 Å². The first kappa shape index (κ1) is 19.5. The number of halogens is 1. The van der Waals surface area contributed by atoms with E-state index in [1.165, 1.54) is 89.9 Å². The molecule has 115 valence electrons. The van der Waals surface area contributed by atoms with Crippen LogP contribution in [0.15, 0.2) is 0 Å². The van der Waals surface area contributed by atoms with E-state index in [1.54, 1.807) is 0 Å². The van der Waals surface area contributed by atoms with Gasteiger partial charge in [-0.15, -0.1) is 0 Å². The van der Waals surface area contributed by atoms with Gasteiger partial charge in [-0.25, -0.2) is 0 Å². The van der Waals surface area contributed by atoms with Gasteiger partial charge < -0.3 is 0 Å². The standard InChI is InChI=1S/C18H36Br/c1-3-5-6-7-8-9-10-11-12-13-14-15-16-17-18(19)4-2/h11,18H,3-10,12-17H2,1-2H3. The maximum atomic E-state index is 3.70. The first-order valence-electron chi connectivity index (χ1n) is 8.77. The van der Waals surface area contributed by atoms with Crippen LogP contribution >= 0.6 is 15.9 Å². The zero-order valence-electron chi connectivity index (χ0n) is 13.4. The predicted octanol–water partition coefficient (Wildman–Crippen LogP) is 7.46. The van der Waals surface area contributed by atoms with E-state index in [9.17, 15) is 0 Å². The van der Waals surface area contributed by atoms with Crippen LogP contribution in [0.5, 0.6) is 0 Å². The molecule has 0 N–H and O–H groups in total. The third-order valence-electron chi connectivity index (χ3n) is 3.88. The van der Waals surface area contributed by atoms with Crippen LogP contribution in [0.25, 0.3) is 0 Å². The number of alkyl halides is 1. The number of rotatable bonds is 15. The minimum atomic E-state index is 0.756. The SMILES string of the molecule is CCCCCCCC[CH]CCCCCCC(Br)CC. The maximum Gasteiger partial charge on any atom is 0.0143 e. The van der Waals surface area contributed by atoms with E-state index in [-0.39, 0.29) is 0 Å². The minimum absolute atomic E-state index is 0.756. The molecule has 0 rings (SSSR count).